The van der Waals surface area contributed by atoms with Crippen molar-refractivity contribution >= 4 is 0 Å². The summed E-state index contributed by atoms with van der Waals surface area (Å²) in [6, 6.07) is 0. The second-order valence-electron chi connectivity index (χ2n) is 6.33. The van der Waals surface area contributed by atoms with Gasteiger partial charge >= 0.3 is 0 Å². The number of hydrogen-bond donors (Lipinski definition) is 1. The minimum atomic E-state index is 0.712. The highest BCUT2D eigenvalue weighted by Crippen LogP contribution is 2.42. The highest BCUT2D eigenvalue weighted by molar-refractivity contribution is 5.32. The van der Waals surface area contributed by atoms with Gasteiger partial charge in [0.2, 0.25) is 0 Å². The molecule has 2 aromatic heterocycles. The fourth-order valence-corrected chi connectivity index (χ4v) is 3.29. The molecule has 0 aromatic carbocycles. The summed E-state index contributed by atoms with van der Waals surface area (Å²) in [5.41, 5.74) is 4.12. The summed E-state index contributed by atoms with van der Waals surface area (Å²) >= 11 is 0. The smallest absolute Gasteiger partial charge is 0.122 e. The molecule has 118 valence electrons. The van der Waals surface area contributed by atoms with Crippen LogP contribution in [-0.2, 0) is 30.8 Å². The number of fused-ring (bicyclic) bond motifs is 1. The quantitative estimate of drug-likeness (QED) is 0.882. The van der Waals surface area contributed by atoms with Gasteiger partial charge in [0, 0.05) is 62.7 Å². The minimum Gasteiger partial charge on any atom is -0.383 e. The summed E-state index contributed by atoms with van der Waals surface area (Å²) in [6.07, 6.45) is 7.59. The Kier molecular flexibility index (Phi) is 3.72. The topological polar surface area (TPSA) is 59.0 Å². The summed E-state index contributed by atoms with van der Waals surface area (Å²) in [7, 11) is 1.74. The van der Waals surface area contributed by atoms with Crippen LogP contribution in [0.5, 0.6) is 0 Å². The maximum absolute atomic E-state index is 5.17. The molecule has 0 radical (unpaired) electrons. The number of nitrogens with zero attached hydrogens (tertiary/aromatic N) is 4. The lowest BCUT2D eigenvalue weighted by atomic mass is 10.0. The first-order valence-corrected chi connectivity index (χ1v) is 8.12. The number of rotatable bonds is 6. The molecular formula is C16H23N5O. The third kappa shape index (κ3) is 2.68. The molecule has 0 amide bonds. The Balaban J connectivity index is 1.46. The number of aromatic amines is 1. The van der Waals surface area contributed by atoms with Gasteiger partial charge in [0.05, 0.1) is 18.8 Å². The van der Waals surface area contributed by atoms with Gasteiger partial charge in [-0.15, -0.1) is 0 Å². The zero-order valence-corrected chi connectivity index (χ0v) is 13.1. The number of nitrogens with one attached hydrogen (secondary N) is 1. The number of H-pyrrole nitrogens is 1. The maximum atomic E-state index is 5.17. The van der Waals surface area contributed by atoms with Gasteiger partial charge in [-0.25, -0.2) is 4.98 Å². The van der Waals surface area contributed by atoms with E-state index in [9.17, 15) is 0 Å². The van der Waals surface area contributed by atoms with E-state index in [4.69, 9.17) is 4.74 Å². The van der Waals surface area contributed by atoms with Crippen LogP contribution in [0.4, 0.5) is 0 Å². The largest absolute Gasteiger partial charge is 0.383 e. The molecule has 0 saturated heterocycles. The summed E-state index contributed by atoms with van der Waals surface area (Å²) in [4.78, 5) is 7.00. The molecule has 3 heterocycles. The number of imidazole rings is 1. The molecule has 0 bridgehead atoms. The van der Waals surface area contributed by atoms with E-state index < -0.39 is 0 Å². The molecule has 2 aliphatic rings. The van der Waals surface area contributed by atoms with Crippen LogP contribution >= 0.6 is 0 Å². The second kappa shape index (κ2) is 5.85. The van der Waals surface area contributed by atoms with Crippen molar-refractivity contribution in [3.63, 3.8) is 0 Å². The van der Waals surface area contributed by atoms with E-state index in [0.29, 0.717) is 5.92 Å². The van der Waals surface area contributed by atoms with Crippen LogP contribution in [0.1, 0.15) is 41.5 Å². The standard InChI is InChI=1S/C16H23N5O/c1-22-9-8-21-7-5-17-15(21)11-20-6-4-14-13(10-20)16(19-18-14)12-2-3-12/h5,7,12H,2-4,6,8-11H2,1H3,(H,18,19). The van der Waals surface area contributed by atoms with E-state index in [0.717, 1.165) is 45.0 Å². The first-order chi connectivity index (χ1) is 10.8. The van der Waals surface area contributed by atoms with Crippen LogP contribution in [0.2, 0.25) is 0 Å². The van der Waals surface area contributed by atoms with Crippen molar-refractivity contribution in [3.8, 4) is 0 Å². The maximum Gasteiger partial charge on any atom is 0.122 e. The fourth-order valence-electron chi connectivity index (χ4n) is 3.29. The molecule has 4 rings (SSSR count). The third-order valence-electron chi connectivity index (χ3n) is 4.71. The molecule has 0 spiro atoms. The molecule has 1 aliphatic carbocycles. The van der Waals surface area contributed by atoms with Crippen molar-refractivity contribution in [2.24, 2.45) is 0 Å². The minimum absolute atomic E-state index is 0.712. The Morgan fingerprint density at radius 3 is 3.14 bits per heavy atom. The van der Waals surface area contributed by atoms with Gasteiger partial charge in [0.15, 0.2) is 0 Å². The van der Waals surface area contributed by atoms with Crippen LogP contribution in [0.3, 0.4) is 0 Å². The second-order valence-corrected chi connectivity index (χ2v) is 6.33. The zero-order chi connectivity index (χ0) is 14.9. The van der Waals surface area contributed by atoms with Crippen LogP contribution < -0.4 is 0 Å². The van der Waals surface area contributed by atoms with Crippen LogP contribution in [0, 0.1) is 0 Å². The lowest BCUT2D eigenvalue weighted by Crippen LogP contribution is -2.31. The van der Waals surface area contributed by atoms with E-state index in [1.165, 1.54) is 29.8 Å². The van der Waals surface area contributed by atoms with Crippen LogP contribution in [-0.4, -0.2) is 44.9 Å². The Morgan fingerprint density at radius 2 is 2.32 bits per heavy atom. The number of ether oxygens (including phenoxy) is 1. The van der Waals surface area contributed by atoms with Crippen LogP contribution in [0.25, 0.3) is 0 Å². The molecular weight excluding hydrogens is 278 g/mol. The van der Waals surface area contributed by atoms with Crippen molar-refractivity contribution < 1.29 is 4.74 Å². The molecule has 6 heteroatoms. The van der Waals surface area contributed by atoms with Gasteiger partial charge in [0.25, 0.3) is 0 Å². The number of methoxy groups -OCH3 is 1. The molecule has 1 aliphatic heterocycles. The molecule has 2 aromatic rings. The zero-order valence-electron chi connectivity index (χ0n) is 13.1. The first kappa shape index (κ1) is 14.0. The SMILES string of the molecule is COCCn1ccnc1CN1CCc2[nH]nc(C3CC3)c2C1. The molecule has 1 N–H and O–H groups in total. The number of hydrogen-bond acceptors (Lipinski definition) is 4. The Hall–Kier alpha value is -1.66. The van der Waals surface area contributed by atoms with E-state index in [1.54, 1.807) is 7.11 Å². The van der Waals surface area contributed by atoms with E-state index >= 15 is 0 Å². The van der Waals surface area contributed by atoms with Crippen molar-refractivity contribution in [1.29, 1.82) is 0 Å². The number of aromatic nitrogens is 4. The summed E-state index contributed by atoms with van der Waals surface area (Å²) < 4.78 is 7.36. The fraction of sp³-hybridized carbons (Fsp3) is 0.625. The first-order valence-electron chi connectivity index (χ1n) is 8.12. The van der Waals surface area contributed by atoms with Crippen LogP contribution in [0.15, 0.2) is 12.4 Å². The average Bonchev–Trinajstić information content (AvgIpc) is 3.14. The highest BCUT2D eigenvalue weighted by atomic mass is 16.5. The van der Waals surface area contributed by atoms with E-state index in [2.05, 4.69) is 24.6 Å². The lowest BCUT2D eigenvalue weighted by molar-refractivity contribution is 0.182. The van der Waals surface area contributed by atoms with Gasteiger partial charge in [-0.2, -0.15) is 5.10 Å². The Bertz CT molecular complexity index is 643. The molecule has 22 heavy (non-hydrogen) atoms. The van der Waals surface area contributed by atoms with Gasteiger partial charge in [0.1, 0.15) is 5.82 Å². The predicted molar refractivity (Wildman–Crippen MR) is 82.5 cm³/mol. The molecule has 0 unspecified atom stereocenters. The van der Waals surface area contributed by atoms with E-state index in [1.807, 2.05) is 12.4 Å². The highest BCUT2D eigenvalue weighted by Gasteiger charge is 2.32. The average molecular weight is 301 g/mol. The lowest BCUT2D eigenvalue weighted by Gasteiger charge is -2.27. The predicted octanol–water partition coefficient (Wildman–Crippen LogP) is 1.69. The van der Waals surface area contributed by atoms with Gasteiger partial charge in [-0.1, -0.05) is 0 Å². The summed E-state index contributed by atoms with van der Waals surface area (Å²) in [5.74, 6) is 1.83. The third-order valence-corrected chi connectivity index (χ3v) is 4.71. The van der Waals surface area contributed by atoms with Gasteiger partial charge < -0.3 is 9.30 Å². The van der Waals surface area contributed by atoms with Crippen molar-refractivity contribution in [3.05, 3.63) is 35.2 Å². The monoisotopic (exact) mass is 301 g/mol. The summed E-state index contributed by atoms with van der Waals surface area (Å²) in [6.45, 7) is 4.54. The molecule has 1 saturated carbocycles. The van der Waals surface area contributed by atoms with E-state index in [-0.39, 0.29) is 0 Å². The van der Waals surface area contributed by atoms with Gasteiger partial charge in [-0.3, -0.25) is 10.00 Å². The van der Waals surface area contributed by atoms with Crippen molar-refractivity contribution in [2.45, 2.75) is 44.8 Å². The Labute approximate surface area is 130 Å². The molecule has 0 atom stereocenters. The Morgan fingerprint density at radius 1 is 1.41 bits per heavy atom. The molecule has 6 nitrogen and oxygen atoms in total. The normalized spacial score (nSPS) is 18.6. The molecule has 1 fully saturated rings. The summed E-state index contributed by atoms with van der Waals surface area (Å²) in [5, 5.41) is 7.81. The van der Waals surface area contributed by atoms with Crippen molar-refractivity contribution in [1.82, 2.24) is 24.6 Å². The van der Waals surface area contributed by atoms with Gasteiger partial charge in [-0.05, 0) is 12.8 Å². The van der Waals surface area contributed by atoms with Crippen molar-refractivity contribution in [2.75, 3.05) is 20.3 Å².